The van der Waals surface area contributed by atoms with E-state index in [0.717, 1.165) is 11.0 Å². The van der Waals surface area contributed by atoms with Gasteiger partial charge in [-0.3, -0.25) is 9.69 Å². The fraction of sp³-hybridized carbons (Fsp3) is 0.533. The smallest absolute Gasteiger partial charge is 0.221 e. The fourth-order valence-electron chi connectivity index (χ4n) is 2.07. The lowest BCUT2D eigenvalue weighted by Gasteiger charge is -2.27. The molecule has 0 fully saturated rings. The van der Waals surface area contributed by atoms with Crippen LogP contribution in [-0.4, -0.2) is 36.5 Å². The van der Waals surface area contributed by atoms with Crippen molar-refractivity contribution >= 4 is 21.8 Å². The first-order valence-corrected chi connectivity index (χ1v) is 7.65. The summed E-state index contributed by atoms with van der Waals surface area (Å²) in [6, 6.07) is 8.38. The number of halogens is 1. The lowest BCUT2D eigenvalue weighted by atomic mass is 10.1. The van der Waals surface area contributed by atoms with Gasteiger partial charge < -0.3 is 11.1 Å². The minimum absolute atomic E-state index is 0.0488. The number of carbonyl (C=O) groups is 1. The van der Waals surface area contributed by atoms with E-state index in [0.29, 0.717) is 13.0 Å². The third kappa shape index (κ3) is 6.03. The molecule has 0 spiro atoms. The molecular formula is C15H24BrN3O. The molecule has 0 heterocycles. The zero-order valence-electron chi connectivity index (χ0n) is 12.4. The molecule has 5 heteroatoms. The summed E-state index contributed by atoms with van der Waals surface area (Å²) in [6.07, 6.45) is 0.430. The molecule has 1 atom stereocenters. The van der Waals surface area contributed by atoms with Gasteiger partial charge in [0.1, 0.15) is 0 Å². The van der Waals surface area contributed by atoms with Gasteiger partial charge in [-0.1, -0.05) is 28.1 Å². The lowest BCUT2D eigenvalue weighted by molar-refractivity contribution is -0.122. The minimum Gasteiger partial charge on any atom is -0.354 e. The Morgan fingerprint density at radius 2 is 2.15 bits per heavy atom. The van der Waals surface area contributed by atoms with Crippen LogP contribution in [0.3, 0.4) is 0 Å². The summed E-state index contributed by atoms with van der Waals surface area (Å²) in [4.78, 5) is 14.0. The molecular weight excluding hydrogens is 318 g/mol. The maximum absolute atomic E-state index is 11.8. The van der Waals surface area contributed by atoms with Gasteiger partial charge >= 0.3 is 0 Å². The third-order valence-corrected chi connectivity index (χ3v) is 3.58. The van der Waals surface area contributed by atoms with E-state index in [2.05, 4.69) is 38.3 Å². The van der Waals surface area contributed by atoms with Crippen LogP contribution in [0.2, 0.25) is 0 Å². The predicted octanol–water partition coefficient (Wildman–Crippen LogP) is 2.12. The number of hydrogen-bond acceptors (Lipinski definition) is 3. The first-order valence-electron chi connectivity index (χ1n) is 6.86. The van der Waals surface area contributed by atoms with Crippen molar-refractivity contribution in [2.24, 2.45) is 5.73 Å². The van der Waals surface area contributed by atoms with Crippen LogP contribution < -0.4 is 11.1 Å². The Kier molecular flexibility index (Phi) is 7.19. The van der Waals surface area contributed by atoms with Crippen LogP contribution in [0.5, 0.6) is 0 Å². The first kappa shape index (κ1) is 17.1. The van der Waals surface area contributed by atoms with Crippen molar-refractivity contribution in [3.8, 4) is 0 Å². The standard InChI is InChI=1S/C15H24BrN3O/c1-11(2)18-15(20)8-14(9-17)19(3)10-12-5-4-6-13(16)7-12/h4-7,11,14H,8-10,17H2,1-3H3,(H,18,20). The van der Waals surface area contributed by atoms with Crippen molar-refractivity contribution in [1.82, 2.24) is 10.2 Å². The Hall–Kier alpha value is -0.910. The van der Waals surface area contributed by atoms with Gasteiger partial charge in [0, 0.05) is 36.1 Å². The number of amides is 1. The van der Waals surface area contributed by atoms with Gasteiger partial charge in [-0.25, -0.2) is 0 Å². The maximum Gasteiger partial charge on any atom is 0.221 e. The monoisotopic (exact) mass is 341 g/mol. The molecule has 0 radical (unpaired) electrons. The number of likely N-dealkylation sites (N-methyl/N-ethyl adjacent to an activating group) is 1. The molecule has 1 aromatic rings. The number of nitrogens with one attached hydrogen (secondary N) is 1. The van der Waals surface area contributed by atoms with Gasteiger partial charge in [0.15, 0.2) is 0 Å². The van der Waals surface area contributed by atoms with E-state index in [1.54, 1.807) is 0 Å². The highest BCUT2D eigenvalue weighted by molar-refractivity contribution is 9.10. The number of nitrogens with two attached hydrogens (primary N) is 1. The summed E-state index contributed by atoms with van der Waals surface area (Å²) in [5, 5.41) is 2.91. The molecule has 1 unspecified atom stereocenters. The molecule has 0 aromatic heterocycles. The molecule has 0 saturated carbocycles. The average molecular weight is 342 g/mol. The zero-order chi connectivity index (χ0) is 15.1. The number of benzene rings is 1. The molecule has 4 nitrogen and oxygen atoms in total. The molecule has 1 rings (SSSR count). The second kappa shape index (κ2) is 8.39. The number of hydrogen-bond donors (Lipinski definition) is 2. The van der Waals surface area contributed by atoms with E-state index in [-0.39, 0.29) is 18.0 Å². The van der Waals surface area contributed by atoms with E-state index in [1.165, 1.54) is 5.56 Å². The second-order valence-corrected chi connectivity index (χ2v) is 6.28. The van der Waals surface area contributed by atoms with Gasteiger partial charge in [-0.15, -0.1) is 0 Å². The minimum atomic E-state index is 0.0488. The topological polar surface area (TPSA) is 58.4 Å². The van der Waals surface area contributed by atoms with Crippen molar-refractivity contribution in [1.29, 1.82) is 0 Å². The lowest BCUT2D eigenvalue weighted by Crippen LogP contribution is -2.42. The Balaban J connectivity index is 2.58. The van der Waals surface area contributed by atoms with Gasteiger partial charge in [-0.2, -0.15) is 0 Å². The number of carbonyl (C=O) groups excluding carboxylic acids is 1. The SMILES string of the molecule is CC(C)NC(=O)CC(CN)N(C)Cc1cccc(Br)c1. The van der Waals surface area contributed by atoms with E-state index < -0.39 is 0 Å². The van der Waals surface area contributed by atoms with Crippen LogP contribution in [0.15, 0.2) is 28.7 Å². The highest BCUT2D eigenvalue weighted by Gasteiger charge is 2.17. The Morgan fingerprint density at radius 1 is 1.45 bits per heavy atom. The molecule has 3 N–H and O–H groups in total. The summed E-state index contributed by atoms with van der Waals surface area (Å²) in [6.45, 7) is 5.16. The van der Waals surface area contributed by atoms with Crippen molar-refractivity contribution in [3.63, 3.8) is 0 Å². The van der Waals surface area contributed by atoms with E-state index in [4.69, 9.17) is 5.73 Å². The van der Waals surface area contributed by atoms with Crippen LogP contribution in [-0.2, 0) is 11.3 Å². The third-order valence-electron chi connectivity index (χ3n) is 3.09. The van der Waals surface area contributed by atoms with Crippen molar-refractivity contribution in [3.05, 3.63) is 34.3 Å². The molecule has 0 bridgehead atoms. The summed E-state index contributed by atoms with van der Waals surface area (Å²) in [5.41, 5.74) is 7.00. The quantitative estimate of drug-likeness (QED) is 0.798. The Labute approximate surface area is 129 Å². The van der Waals surface area contributed by atoms with Gasteiger partial charge in [-0.05, 0) is 38.6 Å². The molecule has 0 aliphatic carbocycles. The molecule has 0 saturated heterocycles. The summed E-state index contributed by atoms with van der Waals surface area (Å²) < 4.78 is 1.06. The van der Waals surface area contributed by atoms with Crippen molar-refractivity contribution in [2.45, 2.75) is 38.9 Å². The molecule has 112 valence electrons. The van der Waals surface area contributed by atoms with Crippen LogP contribution in [0.1, 0.15) is 25.8 Å². The number of rotatable bonds is 7. The van der Waals surface area contributed by atoms with E-state index in [1.807, 2.05) is 33.0 Å². The molecule has 20 heavy (non-hydrogen) atoms. The fourth-order valence-corrected chi connectivity index (χ4v) is 2.51. The normalized spacial score (nSPS) is 12.8. The summed E-state index contributed by atoms with van der Waals surface area (Å²) >= 11 is 3.47. The highest BCUT2D eigenvalue weighted by atomic mass is 79.9. The maximum atomic E-state index is 11.8. The molecule has 0 aliphatic heterocycles. The van der Waals surface area contributed by atoms with Crippen molar-refractivity contribution in [2.75, 3.05) is 13.6 Å². The Bertz CT molecular complexity index is 437. The van der Waals surface area contributed by atoms with E-state index in [9.17, 15) is 4.79 Å². The average Bonchev–Trinajstić information content (AvgIpc) is 2.34. The Morgan fingerprint density at radius 3 is 2.70 bits per heavy atom. The zero-order valence-corrected chi connectivity index (χ0v) is 14.0. The van der Waals surface area contributed by atoms with Crippen LogP contribution in [0.4, 0.5) is 0 Å². The van der Waals surface area contributed by atoms with Crippen molar-refractivity contribution < 1.29 is 4.79 Å². The van der Waals surface area contributed by atoms with Gasteiger partial charge in [0.2, 0.25) is 5.91 Å². The predicted molar refractivity (Wildman–Crippen MR) is 86.3 cm³/mol. The van der Waals surface area contributed by atoms with Crippen LogP contribution in [0, 0.1) is 0 Å². The molecule has 1 amide bonds. The largest absolute Gasteiger partial charge is 0.354 e. The van der Waals surface area contributed by atoms with E-state index >= 15 is 0 Å². The van der Waals surface area contributed by atoms with Crippen LogP contribution in [0.25, 0.3) is 0 Å². The van der Waals surface area contributed by atoms with Crippen LogP contribution >= 0.6 is 15.9 Å². The number of nitrogens with zero attached hydrogens (tertiary/aromatic N) is 1. The summed E-state index contributed by atoms with van der Waals surface area (Å²) in [7, 11) is 2.00. The second-order valence-electron chi connectivity index (χ2n) is 5.36. The van der Waals surface area contributed by atoms with Gasteiger partial charge in [0.25, 0.3) is 0 Å². The highest BCUT2D eigenvalue weighted by Crippen LogP contribution is 2.14. The first-order chi connectivity index (χ1) is 9.42. The molecule has 0 aliphatic rings. The summed E-state index contributed by atoms with van der Waals surface area (Å²) in [5.74, 6) is 0.0524. The molecule has 1 aromatic carbocycles. The van der Waals surface area contributed by atoms with Gasteiger partial charge in [0.05, 0.1) is 0 Å².